The summed E-state index contributed by atoms with van der Waals surface area (Å²) in [5.74, 6) is 0. The number of benzene rings is 1. The second-order valence-corrected chi connectivity index (χ2v) is 5.83. The number of hydrogen-bond donors (Lipinski definition) is 2. The summed E-state index contributed by atoms with van der Waals surface area (Å²) >= 11 is 3.49. The van der Waals surface area contributed by atoms with Crippen molar-refractivity contribution in [2.75, 3.05) is 5.32 Å². The molecule has 2 unspecified atom stereocenters. The first kappa shape index (κ1) is 12.9. The standard InChI is InChI=1S/C14H20BrNO/c1-10-7-8-11(15)9-13(10)16-12-5-3-2-4-6-14(12)17/h7-9,12,14,16-17H,2-6H2,1H3. The topological polar surface area (TPSA) is 32.3 Å². The van der Waals surface area contributed by atoms with Crippen LogP contribution in [0.1, 0.15) is 37.7 Å². The molecule has 1 aromatic rings. The number of aliphatic hydroxyl groups excluding tert-OH is 1. The summed E-state index contributed by atoms with van der Waals surface area (Å²) < 4.78 is 1.08. The average Bonchev–Trinajstić information content (AvgIpc) is 2.50. The van der Waals surface area contributed by atoms with Crippen LogP contribution in [0, 0.1) is 6.92 Å². The molecule has 1 aromatic carbocycles. The van der Waals surface area contributed by atoms with Gasteiger partial charge in [-0.2, -0.15) is 0 Å². The summed E-state index contributed by atoms with van der Waals surface area (Å²) in [6, 6.07) is 6.43. The normalized spacial score (nSPS) is 25.4. The minimum Gasteiger partial charge on any atom is -0.391 e. The molecule has 2 N–H and O–H groups in total. The lowest BCUT2D eigenvalue weighted by molar-refractivity contribution is 0.144. The number of hydrogen-bond acceptors (Lipinski definition) is 2. The van der Waals surface area contributed by atoms with Crippen molar-refractivity contribution in [2.24, 2.45) is 0 Å². The third kappa shape index (κ3) is 3.46. The number of aryl methyl sites for hydroxylation is 1. The second-order valence-electron chi connectivity index (χ2n) is 4.92. The van der Waals surface area contributed by atoms with Gasteiger partial charge in [-0.05, 0) is 37.5 Å². The van der Waals surface area contributed by atoms with Crippen molar-refractivity contribution in [1.82, 2.24) is 0 Å². The Morgan fingerprint density at radius 2 is 2.00 bits per heavy atom. The van der Waals surface area contributed by atoms with Crippen LogP contribution in [0.5, 0.6) is 0 Å². The maximum absolute atomic E-state index is 10.1. The molecule has 1 aliphatic rings. The van der Waals surface area contributed by atoms with E-state index in [0.29, 0.717) is 0 Å². The van der Waals surface area contributed by atoms with E-state index in [9.17, 15) is 5.11 Å². The fourth-order valence-corrected chi connectivity index (χ4v) is 2.77. The Hall–Kier alpha value is -0.540. The van der Waals surface area contributed by atoms with E-state index >= 15 is 0 Å². The van der Waals surface area contributed by atoms with E-state index in [1.165, 1.54) is 18.4 Å². The van der Waals surface area contributed by atoms with Gasteiger partial charge in [0.05, 0.1) is 12.1 Å². The van der Waals surface area contributed by atoms with Gasteiger partial charge in [0.25, 0.3) is 0 Å². The van der Waals surface area contributed by atoms with Crippen molar-refractivity contribution in [3.63, 3.8) is 0 Å². The summed E-state index contributed by atoms with van der Waals surface area (Å²) in [5.41, 5.74) is 2.36. The molecule has 2 rings (SSSR count). The van der Waals surface area contributed by atoms with Crippen molar-refractivity contribution < 1.29 is 5.11 Å². The zero-order chi connectivity index (χ0) is 12.3. The first-order valence-electron chi connectivity index (χ1n) is 6.37. The largest absolute Gasteiger partial charge is 0.391 e. The SMILES string of the molecule is Cc1ccc(Br)cc1NC1CCCCCC1O. The third-order valence-electron chi connectivity index (χ3n) is 3.52. The molecule has 0 spiro atoms. The Morgan fingerprint density at radius 1 is 1.24 bits per heavy atom. The zero-order valence-corrected chi connectivity index (χ0v) is 11.8. The lowest BCUT2D eigenvalue weighted by Gasteiger charge is -2.24. The molecule has 1 aliphatic carbocycles. The minimum atomic E-state index is -0.212. The van der Waals surface area contributed by atoms with Gasteiger partial charge in [0.2, 0.25) is 0 Å². The van der Waals surface area contributed by atoms with E-state index in [0.717, 1.165) is 29.4 Å². The Balaban J connectivity index is 2.10. The van der Waals surface area contributed by atoms with Gasteiger partial charge < -0.3 is 10.4 Å². The van der Waals surface area contributed by atoms with Gasteiger partial charge in [-0.15, -0.1) is 0 Å². The predicted molar refractivity (Wildman–Crippen MR) is 75.4 cm³/mol. The molecule has 17 heavy (non-hydrogen) atoms. The summed E-state index contributed by atoms with van der Waals surface area (Å²) in [6.07, 6.45) is 5.37. The smallest absolute Gasteiger partial charge is 0.0741 e. The van der Waals surface area contributed by atoms with Crippen LogP contribution in [-0.2, 0) is 0 Å². The quantitative estimate of drug-likeness (QED) is 0.813. The zero-order valence-electron chi connectivity index (χ0n) is 10.2. The molecule has 0 bridgehead atoms. The average molecular weight is 298 g/mol. The molecule has 1 fully saturated rings. The van der Waals surface area contributed by atoms with Gasteiger partial charge in [-0.3, -0.25) is 0 Å². The highest BCUT2D eigenvalue weighted by Gasteiger charge is 2.21. The molecule has 2 atom stereocenters. The van der Waals surface area contributed by atoms with Crippen LogP contribution >= 0.6 is 15.9 Å². The molecule has 0 saturated heterocycles. The molecule has 0 heterocycles. The molecule has 3 heteroatoms. The van der Waals surface area contributed by atoms with Crippen LogP contribution in [0.4, 0.5) is 5.69 Å². The van der Waals surface area contributed by atoms with Crippen molar-refractivity contribution in [2.45, 2.75) is 51.2 Å². The Morgan fingerprint density at radius 3 is 2.82 bits per heavy atom. The van der Waals surface area contributed by atoms with Gasteiger partial charge in [0.15, 0.2) is 0 Å². The van der Waals surface area contributed by atoms with Crippen molar-refractivity contribution in [3.05, 3.63) is 28.2 Å². The molecule has 0 radical (unpaired) electrons. The molecule has 0 aliphatic heterocycles. The van der Waals surface area contributed by atoms with E-state index in [2.05, 4.69) is 40.3 Å². The van der Waals surface area contributed by atoms with E-state index in [1.807, 2.05) is 6.07 Å². The van der Waals surface area contributed by atoms with Gasteiger partial charge in [0.1, 0.15) is 0 Å². The second kappa shape index (κ2) is 5.87. The highest BCUT2D eigenvalue weighted by molar-refractivity contribution is 9.10. The summed E-state index contributed by atoms with van der Waals surface area (Å²) in [7, 11) is 0. The lowest BCUT2D eigenvalue weighted by Crippen LogP contribution is -2.32. The molecule has 0 amide bonds. The molecule has 94 valence electrons. The van der Waals surface area contributed by atoms with Gasteiger partial charge >= 0.3 is 0 Å². The number of rotatable bonds is 2. The van der Waals surface area contributed by atoms with E-state index in [4.69, 9.17) is 0 Å². The molecule has 0 aromatic heterocycles. The highest BCUT2D eigenvalue weighted by Crippen LogP contribution is 2.25. The summed E-state index contributed by atoms with van der Waals surface area (Å²) in [6.45, 7) is 2.10. The molecule has 1 saturated carbocycles. The highest BCUT2D eigenvalue weighted by atomic mass is 79.9. The molecule has 2 nitrogen and oxygen atoms in total. The van der Waals surface area contributed by atoms with Crippen LogP contribution in [-0.4, -0.2) is 17.3 Å². The van der Waals surface area contributed by atoms with E-state index in [-0.39, 0.29) is 12.1 Å². The fourth-order valence-electron chi connectivity index (χ4n) is 2.41. The molecular formula is C14H20BrNO. The van der Waals surface area contributed by atoms with Crippen molar-refractivity contribution in [1.29, 1.82) is 0 Å². The number of nitrogens with one attached hydrogen (secondary N) is 1. The van der Waals surface area contributed by atoms with Crippen molar-refractivity contribution >= 4 is 21.6 Å². The Labute approximate surface area is 112 Å². The van der Waals surface area contributed by atoms with Crippen LogP contribution < -0.4 is 5.32 Å². The number of anilines is 1. The summed E-state index contributed by atoms with van der Waals surface area (Å²) in [4.78, 5) is 0. The molecular weight excluding hydrogens is 278 g/mol. The monoisotopic (exact) mass is 297 g/mol. The van der Waals surface area contributed by atoms with Gasteiger partial charge in [-0.1, -0.05) is 41.3 Å². The van der Waals surface area contributed by atoms with Crippen LogP contribution in [0.2, 0.25) is 0 Å². The number of aliphatic hydroxyl groups is 1. The predicted octanol–water partition coefficient (Wildman–Crippen LogP) is 3.86. The van der Waals surface area contributed by atoms with E-state index < -0.39 is 0 Å². The van der Waals surface area contributed by atoms with Crippen LogP contribution in [0.15, 0.2) is 22.7 Å². The van der Waals surface area contributed by atoms with Gasteiger partial charge in [0, 0.05) is 10.2 Å². The Bertz CT molecular complexity index is 380. The number of halogens is 1. The maximum Gasteiger partial charge on any atom is 0.0741 e. The van der Waals surface area contributed by atoms with Crippen LogP contribution in [0.3, 0.4) is 0 Å². The van der Waals surface area contributed by atoms with Gasteiger partial charge in [-0.25, -0.2) is 0 Å². The van der Waals surface area contributed by atoms with E-state index in [1.54, 1.807) is 0 Å². The lowest BCUT2D eigenvalue weighted by atomic mass is 10.0. The first-order chi connectivity index (χ1) is 8.16. The summed E-state index contributed by atoms with van der Waals surface area (Å²) in [5, 5.41) is 13.6. The fraction of sp³-hybridized carbons (Fsp3) is 0.571. The minimum absolute atomic E-state index is 0.200. The van der Waals surface area contributed by atoms with Crippen molar-refractivity contribution in [3.8, 4) is 0 Å². The first-order valence-corrected chi connectivity index (χ1v) is 7.17. The third-order valence-corrected chi connectivity index (χ3v) is 4.01. The van der Waals surface area contributed by atoms with Crippen LogP contribution in [0.25, 0.3) is 0 Å². The Kier molecular flexibility index (Phi) is 4.46. The maximum atomic E-state index is 10.1.